The molecule has 0 aliphatic carbocycles. The van der Waals surface area contributed by atoms with E-state index in [1.165, 1.54) is 11.8 Å². The second-order valence-corrected chi connectivity index (χ2v) is 8.58. The number of rotatable bonds is 6. The maximum atomic E-state index is 12.3. The molecule has 0 bridgehead atoms. The summed E-state index contributed by atoms with van der Waals surface area (Å²) >= 11 is 5.17. The van der Waals surface area contributed by atoms with Crippen LogP contribution in [0.2, 0.25) is 0 Å². The van der Waals surface area contributed by atoms with Gasteiger partial charge >= 0.3 is 0 Å². The van der Waals surface area contributed by atoms with Crippen molar-refractivity contribution >= 4 is 39.8 Å². The zero-order chi connectivity index (χ0) is 20.1. The van der Waals surface area contributed by atoms with E-state index >= 15 is 0 Å². The number of benzene rings is 2. The van der Waals surface area contributed by atoms with Crippen molar-refractivity contribution in [2.24, 2.45) is 5.10 Å². The highest BCUT2D eigenvalue weighted by Crippen LogP contribution is 2.29. The Bertz CT molecular complexity index is 984. The second-order valence-electron chi connectivity index (χ2n) is 6.38. The van der Waals surface area contributed by atoms with E-state index in [9.17, 15) is 4.79 Å². The van der Waals surface area contributed by atoms with Crippen molar-refractivity contribution in [1.29, 1.82) is 0 Å². The maximum Gasteiger partial charge on any atom is 0.253 e. The summed E-state index contributed by atoms with van der Waals surface area (Å²) < 4.78 is 3.14. The van der Waals surface area contributed by atoms with Crippen LogP contribution in [0.15, 0.2) is 75.1 Å². The van der Waals surface area contributed by atoms with Crippen LogP contribution in [0, 0.1) is 13.8 Å². The van der Waals surface area contributed by atoms with Crippen molar-refractivity contribution in [2.75, 3.05) is 0 Å². The van der Waals surface area contributed by atoms with Gasteiger partial charge in [0.05, 0.1) is 11.5 Å². The second kappa shape index (κ2) is 9.26. The Balaban J connectivity index is 1.71. The van der Waals surface area contributed by atoms with E-state index in [1.54, 1.807) is 6.21 Å². The Morgan fingerprint density at radius 3 is 2.32 bits per heavy atom. The molecular weight excluding hydrogens is 434 g/mol. The minimum absolute atomic E-state index is 0.127. The molecule has 144 valence electrons. The van der Waals surface area contributed by atoms with Gasteiger partial charge in [-0.05, 0) is 61.0 Å². The summed E-state index contributed by atoms with van der Waals surface area (Å²) in [4.78, 5) is 13.4. The number of nitrogens with zero attached hydrogens (tertiary/aromatic N) is 2. The van der Waals surface area contributed by atoms with E-state index < -0.39 is 0 Å². The standard InChI is InChI=1S/C22H22BrN3OS/c1-15-20(21(23)16(2)26(15)18-10-6-4-7-11-18)14-24-25-22(27)17(3)28-19-12-8-5-9-13-19/h4-14,17H,1-3H3,(H,25,27)/b24-14-/t17-/m1/s1. The fourth-order valence-electron chi connectivity index (χ4n) is 2.95. The van der Waals surface area contributed by atoms with E-state index in [2.05, 4.69) is 50.1 Å². The predicted molar refractivity (Wildman–Crippen MR) is 120 cm³/mol. The number of carbonyl (C=O) groups is 1. The fraction of sp³-hybridized carbons (Fsp3) is 0.182. The lowest BCUT2D eigenvalue weighted by atomic mass is 10.2. The van der Waals surface area contributed by atoms with Crippen LogP contribution in [0.3, 0.4) is 0 Å². The molecule has 3 aromatic rings. The van der Waals surface area contributed by atoms with Crippen molar-refractivity contribution < 1.29 is 4.79 Å². The van der Waals surface area contributed by atoms with Crippen LogP contribution in [0.25, 0.3) is 5.69 Å². The summed E-state index contributed by atoms with van der Waals surface area (Å²) in [6.45, 7) is 5.97. The molecule has 1 N–H and O–H groups in total. The zero-order valence-corrected chi connectivity index (χ0v) is 18.4. The van der Waals surface area contributed by atoms with Crippen LogP contribution in [-0.2, 0) is 4.79 Å². The third-order valence-corrected chi connectivity index (χ3v) is 6.54. The highest BCUT2D eigenvalue weighted by Gasteiger charge is 2.16. The van der Waals surface area contributed by atoms with Gasteiger partial charge in [0.1, 0.15) is 0 Å². The van der Waals surface area contributed by atoms with E-state index in [0.29, 0.717) is 0 Å². The minimum atomic E-state index is -0.236. The molecule has 0 fully saturated rings. The fourth-order valence-corrected chi connectivity index (χ4v) is 4.40. The summed E-state index contributed by atoms with van der Waals surface area (Å²) in [5.41, 5.74) is 6.84. The topological polar surface area (TPSA) is 46.4 Å². The van der Waals surface area contributed by atoms with Gasteiger partial charge in [0.25, 0.3) is 5.91 Å². The normalized spacial score (nSPS) is 12.3. The lowest BCUT2D eigenvalue weighted by Crippen LogP contribution is -2.26. The molecule has 1 aromatic heterocycles. The molecule has 0 radical (unpaired) electrons. The van der Waals surface area contributed by atoms with Gasteiger partial charge in [0, 0.05) is 32.0 Å². The Kier molecular flexibility index (Phi) is 6.75. The van der Waals surface area contributed by atoms with Crippen LogP contribution in [0.4, 0.5) is 0 Å². The average Bonchev–Trinajstić information content (AvgIpc) is 2.92. The Morgan fingerprint density at radius 1 is 1.07 bits per heavy atom. The third kappa shape index (κ3) is 4.56. The number of para-hydroxylation sites is 1. The lowest BCUT2D eigenvalue weighted by Gasteiger charge is -2.09. The van der Waals surface area contributed by atoms with Crippen molar-refractivity contribution in [3.8, 4) is 5.69 Å². The average molecular weight is 456 g/mol. The first kappa shape index (κ1) is 20.4. The van der Waals surface area contributed by atoms with Gasteiger partial charge in [-0.25, -0.2) is 5.43 Å². The van der Waals surface area contributed by atoms with E-state index in [1.807, 2.05) is 62.4 Å². The van der Waals surface area contributed by atoms with E-state index in [4.69, 9.17) is 0 Å². The Morgan fingerprint density at radius 2 is 1.68 bits per heavy atom. The van der Waals surface area contributed by atoms with Crippen molar-refractivity contribution in [3.63, 3.8) is 0 Å². The number of nitrogens with one attached hydrogen (secondary N) is 1. The smallest absolute Gasteiger partial charge is 0.253 e. The zero-order valence-electron chi connectivity index (χ0n) is 16.0. The molecule has 0 saturated carbocycles. The molecule has 1 heterocycles. The van der Waals surface area contributed by atoms with Gasteiger partial charge in [0.2, 0.25) is 0 Å². The number of amides is 1. The molecule has 0 saturated heterocycles. The number of hydrogen-bond acceptors (Lipinski definition) is 3. The number of carbonyl (C=O) groups excluding carboxylic acids is 1. The molecule has 0 aliphatic rings. The molecule has 28 heavy (non-hydrogen) atoms. The minimum Gasteiger partial charge on any atom is -0.317 e. The van der Waals surface area contributed by atoms with Crippen molar-refractivity contribution in [2.45, 2.75) is 30.9 Å². The largest absolute Gasteiger partial charge is 0.317 e. The van der Waals surface area contributed by atoms with Gasteiger partial charge in [-0.2, -0.15) is 5.10 Å². The van der Waals surface area contributed by atoms with Gasteiger partial charge in [-0.1, -0.05) is 36.4 Å². The molecule has 0 spiro atoms. The number of aromatic nitrogens is 1. The van der Waals surface area contributed by atoms with Crippen LogP contribution in [0.5, 0.6) is 0 Å². The van der Waals surface area contributed by atoms with Gasteiger partial charge in [0.15, 0.2) is 0 Å². The van der Waals surface area contributed by atoms with Crippen LogP contribution >= 0.6 is 27.7 Å². The van der Waals surface area contributed by atoms with E-state index in [0.717, 1.165) is 32.0 Å². The monoisotopic (exact) mass is 455 g/mol. The summed E-state index contributed by atoms with van der Waals surface area (Å²) in [7, 11) is 0. The van der Waals surface area contributed by atoms with Crippen LogP contribution < -0.4 is 5.43 Å². The first-order chi connectivity index (χ1) is 13.5. The summed E-state index contributed by atoms with van der Waals surface area (Å²) in [5, 5.41) is 3.96. The van der Waals surface area contributed by atoms with Crippen LogP contribution in [-0.4, -0.2) is 21.9 Å². The number of halogens is 1. The molecule has 3 rings (SSSR count). The number of thioether (sulfide) groups is 1. The SMILES string of the molecule is Cc1c(Br)c(/C=N\NC(=O)[C@@H](C)Sc2ccccc2)c(C)n1-c1ccccc1. The molecule has 0 aliphatic heterocycles. The molecule has 6 heteroatoms. The molecule has 1 atom stereocenters. The molecular formula is C22H22BrN3OS. The van der Waals surface area contributed by atoms with Gasteiger partial charge < -0.3 is 4.57 Å². The molecule has 4 nitrogen and oxygen atoms in total. The maximum absolute atomic E-state index is 12.3. The van der Waals surface area contributed by atoms with Crippen molar-refractivity contribution in [3.05, 3.63) is 82.1 Å². The Labute approximate surface area is 178 Å². The highest BCUT2D eigenvalue weighted by molar-refractivity contribution is 9.10. The first-order valence-corrected chi connectivity index (χ1v) is 10.6. The highest BCUT2D eigenvalue weighted by atomic mass is 79.9. The van der Waals surface area contributed by atoms with E-state index in [-0.39, 0.29) is 11.2 Å². The van der Waals surface area contributed by atoms with Crippen LogP contribution in [0.1, 0.15) is 23.9 Å². The van der Waals surface area contributed by atoms with Crippen molar-refractivity contribution in [1.82, 2.24) is 9.99 Å². The molecule has 1 amide bonds. The predicted octanol–water partition coefficient (Wildman–Crippen LogP) is 5.49. The first-order valence-electron chi connectivity index (χ1n) is 8.96. The molecule has 0 unspecified atom stereocenters. The number of hydrogen-bond donors (Lipinski definition) is 1. The summed E-state index contributed by atoms with van der Waals surface area (Å²) in [5.74, 6) is -0.127. The van der Waals surface area contributed by atoms with Gasteiger partial charge in [-0.15, -0.1) is 11.8 Å². The number of hydrazone groups is 1. The summed E-state index contributed by atoms with van der Waals surface area (Å²) in [6.07, 6.45) is 1.70. The quantitative estimate of drug-likeness (QED) is 0.303. The van der Waals surface area contributed by atoms with Gasteiger partial charge in [-0.3, -0.25) is 4.79 Å². The summed E-state index contributed by atoms with van der Waals surface area (Å²) in [6, 6.07) is 20.0. The Hall–Kier alpha value is -2.31. The molecule has 2 aromatic carbocycles. The lowest BCUT2D eigenvalue weighted by molar-refractivity contribution is -0.120. The third-order valence-electron chi connectivity index (χ3n) is 4.42.